The molecule has 0 aliphatic carbocycles. The summed E-state index contributed by atoms with van der Waals surface area (Å²) in [5.41, 5.74) is 8.61. The van der Waals surface area contributed by atoms with Crippen LogP contribution in [0.1, 0.15) is 35.2 Å². The molecule has 4 aromatic rings. The molecule has 0 saturated carbocycles. The van der Waals surface area contributed by atoms with E-state index in [4.69, 9.17) is 19.9 Å². The Labute approximate surface area is 284 Å². The summed E-state index contributed by atoms with van der Waals surface area (Å²) < 4.78 is 16.5. The van der Waals surface area contributed by atoms with Gasteiger partial charge in [-0.25, -0.2) is 14.4 Å². The predicted octanol–water partition coefficient (Wildman–Crippen LogP) is 4.58. The number of nitrogens with one attached hydrogen (secondary N) is 1. The Balaban J connectivity index is 1.72. The molecule has 5 N–H and O–H groups in total. The molecule has 49 heavy (non-hydrogen) atoms. The van der Waals surface area contributed by atoms with Gasteiger partial charge >= 0.3 is 18.0 Å². The number of nitrogens with zero attached hydrogens (tertiary/aromatic N) is 1. The molecular formula is C37H39N3O9. The quantitative estimate of drug-likeness (QED) is 0.139. The maximum absolute atomic E-state index is 13.0. The number of aromatic hydroxyl groups is 1. The Bertz CT molecular complexity index is 1760. The van der Waals surface area contributed by atoms with Crippen molar-refractivity contribution in [3.05, 3.63) is 119 Å². The first-order chi connectivity index (χ1) is 23.5. The summed E-state index contributed by atoms with van der Waals surface area (Å²) in [6.45, 7) is 1.61. The van der Waals surface area contributed by atoms with Crippen LogP contribution < -0.4 is 15.8 Å². The molecule has 0 heterocycles. The smallest absolute Gasteiger partial charge is 0.410 e. The third-order valence-electron chi connectivity index (χ3n) is 7.68. The van der Waals surface area contributed by atoms with Gasteiger partial charge in [0, 0.05) is 24.6 Å². The van der Waals surface area contributed by atoms with Gasteiger partial charge in [0.25, 0.3) is 0 Å². The van der Waals surface area contributed by atoms with E-state index in [9.17, 15) is 29.4 Å². The number of phenols is 1. The topological polar surface area (TPSA) is 178 Å². The molecule has 0 bridgehead atoms. The zero-order chi connectivity index (χ0) is 35.5. The fraction of sp³-hybridized carbons (Fsp3) is 0.243. The number of esters is 1. The molecule has 0 saturated heterocycles. The molecule has 0 aromatic heterocycles. The normalized spacial score (nSPS) is 12.6. The average molecular weight is 670 g/mol. The molecule has 0 radical (unpaired) electrons. The second-order valence-electron chi connectivity index (χ2n) is 11.4. The van der Waals surface area contributed by atoms with E-state index in [1.807, 2.05) is 36.4 Å². The van der Waals surface area contributed by atoms with Gasteiger partial charge in [0.15, 0.2) is 6.04 Å². The van der Waals surface area contributed by atoms with Crippen LogP contribution in [0.4, 0.5) is 4.79 Å². The molecule has 4 rings (SSSR count). The highest BCUT2D eigenvalue weighted by molar-refractivity contribution is 5.87. The molecule has 2 amide bonds. The molecule has 0 unspecified atom stereocenters. The van der Waals surface area contributed by atoms with Gasteiger partial charge in [0.05, 0.1) is 13.2 Å². The van der Waals surface area contributed by atoms with Crippen molar-refractivity contribution in [3.8, 4) is 22.6 Å². The Morgan fingerprint density at radius 2 is 1.47 bits per heavy atom. The van der Waals surface area contributed by atoms with E-state index >= 15 is 0 Å². The van der Waals surface area contributed by atoms with Gasteiger partial charge in [-0.15, -0.1) is 0 Å². The zero-order valence-electron chi connectivity index (χ0n) is 27.4. The van der Waals surface area contributed by atoms with Crippen LogP contribution in [0.15, 0.2) is 97.1 Å². The molecule has 0 spiro atoms. The monoisotopic (exact) mass is 669 g/mol. The van der Waals surface area contributed by atoms with E-state index in [2.05, 4.69) is 5.32 Å². The summed E-state index contributed by atoms with van der Waals surface area (Å²) in [6, 6.07) is 24.2. The first kappa shape index (κ1) is 36.0. The third kappa shape index (κ3) is 9.58. The van der Waals surface area contributed by atoms with E-state index in [1.54, 1.807) is 42.5 Å². The number of rotatable bonds is 14. The molecule has 12 nitrogen and oxygen atoms in total. The summed E-state index contributed by atoms with van der Waals surface area (Å²) in [6.07, 6.45) is -0.854. The number of hydrogen-bond acceptors (Lipinski definition) is 9. The van der Waals surface area contributed by atoms with Gasteiger partial charge in [0.1, 0.15) is 30.8 Å². The number of aliphatic carboxylic acids is 1. The molecule has 0 aliphatic rings. The summed E-state index contributed by atoms with van der Waals surface area (Å²) in [5, 5.41) is 23.9. The Morgan fingerprint density at radius 1 is 0.837 bits per heavy atom. The van der Waals surface area contributed by atoms with Crippen molar-refractivity contribution >= 4 is 23.9 Å². The van der Waals surface area contributed by atoms with E-state index in [0.717, 1.165) is 16.0 Å². The van der Waals surface area contributed by atoms with Crippen molar-refractivity contribution < 1.29 is 43.6 Å². The highest BCUT2D eigenvalue weighted by Gasteiger charge is 2.31. The van der Waals surface area contributed by atoms with Crippen LogP contribution >= 0.6 is 0 Å². The number of ether oxygens (including phenoxy) is 3. The number of amides is 2. The lowest BCUT2D eigenvalue weighted by Crippen LogP contribution is -2.48. The molecule has 4 aromatic carbocycles. The SMILES string of the molecule is COC(=O)[C@H](Cc1ccc(OCc2ccccc2)c(-c2cc([C@@H](C(=O)O)N(C)C(=O)OCc3ccccc3)ccc2O)c1)NC(=O)[C@H](C)N. The molecule has 256 valence electrons. The Morgan fingerprint density at radius 3 is 2.06 bits per heavy atom. The summed E-state index contributed by atoms with van der Waals surface area (Å²) in [7, 11) is 2.52. The second kappa shape index (κ2) is 16.8. The number of carbonyl (C=O) groups is 4. The number of methoxy groups -OCH3 is 1. The Kier molecular flexibility index (Phi) is 12.3. The first-order valence-corrected chi connectivity index (χ1v) is 15.4. The molecule has 3 atom stereocenters. The van der Waals surface area contributed by atoms with Crippen molar-refractivity contribution in [1.29, 1.82) is 0 Å². The van der Waals surface area contributed by atoms with Crippen LogP contribution in [0.25, 0.3) is 11.1 Å². The number of carboxylic acids is 1. The average Bonchev–Trinajstić information content (AvgIpc) is 3.10. The van der Waals surface area contributed by atoms with Crippen LogP contribution in [0.2, 0.25) is 0 Å². The fourth-order valence-electron chi connectivity index (χ4n) is 5.05. The molecule has 12 heteroatoms. The van der Waals surface area contributed by atoms with E-state index in [-0.39, 0.29) is 36.5 Å². The van der Waals surface area contributed by atoms with Crippen LogP contribution in [-0.2, 0) is 43.5 Å². The molecule has 0 fully saturated rings. The highest BCUT2D eigenvalue weighted by Crippen LogP contribution is 2.39. The van der Waals surface area contributed by atoms with E-state index < -0.39 is 42.1 Å². The number of nitrogens with two attached hydrogens (primary N) is 1. The standard InChI is InChI=1S/C37H39N3O9/c1-23(38)34(42)39-30(36(45)47-3)19-26-14-17-32(48-21-24-10-6-4-7-11-24)29(18-26)28-20-27(15-16-31(28)41)33(35(43)44)40(2)37(46)49-22-25-12-8-5-9-13-25/h4-18,20,23,30,33,41H,19,21-22,38H2,1-3H3,(H,39,42)(H,43,44)/t23-,30-,33-/m0/s1. The summed E-state index contributed by atoms with van der Waals surface area (Å²) >= 11 is 0. The zero-order valence-corrected chi connectivity index (χ0v) is 27.4. The Hall–Kier alpha value is -5.88. The number of phenolic OH excluding ortho intramolecular Hbond substituents is 1. The largest absolute Gasteiger partial charge is 0.507 e. The van der Waals surface area contributed by atoms with Gasteiger partial charge < -0.3 is 35.5 Å². The van der Waals surface area contributed by atoms with Crippen molar-refractivity contribution in [1.82, 2.24) is 10.2 Å². The van der Waals surface area contributed by atoms with Gasteiger partial charge in [0.2, 0.25) is 5.91 Å². The summed E-state index contributed by atoms with van der Waals surface area (Å²) in [5.74, 6) is -2.41. The van der Waals surface area contributed by atoms with Crippen molar-refractivity contribution in [3.63, 3.8) is 0 Å². The number of carbonyl (C=O) groups excluding carboxylic acids is 3. The van der Waals surface area contributed by atoms with Crippen LogP contribution in [0.5, 0.6) is 11.5 Å². The minimum atomic E-state index is -1.48. The fourth-order valence-corrected chi connectivity index (χ4v) is 5.05. The van der Waals surface area contributed by atoms with Gasteiger partial charge in [-0.3, -0.25) is 9.69 Å². The van der Waals surface area contributed by atoms with Crippen LogP contribution in [0, 0.1) is 0 Å². The number of benzene rings is 4. The lowest BCUT2D eigenvalue weighted by atomic mass is 9.94. The first-order valence-electron chi connectivity index (χ1n) is 15.4. The minimum Gasteiger partial charge on any atom is -0.507 e. The number of carboxylic acid groups (broad SMARTS) is 1. The van der Waals surface area contributed by atoms with Crippen molar-refractivity contribution in [2.24, 2.45) is 5.73 Å². The number of likely N-dealkylation sites (N-methyl/N-ethyl adjacent to an activating group) is 1. The lowest BCUT2D eigenvalue weighted by Gasteiger charge is -2.25. The molecule has 0 aliphatic heterocycles. The predicted molar refractivity (Wildman–Crippen MR) is 180 cm³/mol. The van der Waals surface area contributed by atoms with E-state index in [0.29, 0.717) is 16.9 Å². The molecular weight excluding hydrogens is 630 g/mol. The van der Waals surface area contributed by atoms with E-state index in [1.165, 1.54) is 39.3 Å². The van der Waals surface area contributed by atoms with Gasteiger partial charge in [-0.05, 0) is 53.4 Å². The maximum Gasteiger partial charge on any atom is 0.410 e. The maximum atomic E-state index is 13.0. The lowest BCUT2D eigenvalue weighted by molar-refractivity contribution is -0.145. The summed E-state index contributed by atoms with van der Waals surface area (Å²) in [4.78, 5) is 51.5. The minimum absolute atomic E-state index is 0.00525. The number of hydrogen-bond donors (Lipinski definition) is 4. The second-order valence-corrected chi connectivity index (χ2v) is 11.4. The van der Waals surface area contributed by atoms with Gasteiger partial charge in [-0.2, -0.15) is 0 Å². The highest BCUT2D eigenvalue weighted by atomic mass is 16.6. The van der Waals surface area contributed by atoms with Crippen molar-refractivity contribution in [2.75, 3.05) is 14.2 Å². The van der Waals surface area contributed by atoms with Crippen LogP contribution in [-0.4, -0.2) is 65.3 Å². The van der Waals surface area contributed by atoms with Crippen molar-refractivity contribution in [2.45, 2.75) is 44.7 Å². The van der Waals surface area contributed by atoms with Gasteiger partial charge in [-0.1, -0.05) is 72.8 Å². The van der Waals surface area contributed by atoms with Crippen LogP contribution in [0.3, 0.4) is 0 Å². The third-order valence-corrected chi connectivity index (χ3v) is 7.68.